The van der Waals surface area contributed by atoms with Gasteiger partial charge < -0.3 is 5.32 Å². The highest BCUT2D eigenvalue weighted by atomic mass is 16.1. The van der Waals surface area contributed by atoms with Crippen molar-refractivity contribution >= 4 is 6.41 Å². The SMILES string of the molecule is C[C@H](N[C]=O)C1CCCCC1. The van der Waals surface area contributed by atoms with Gasteiger partial charge in [0.25, 0.3) is 0 Å². The lowest BCUT2D eigenvalue weighted by molar-refractivity contribution is 0.299. The highest BCUT2D eigenvalue weighted by Gasteiger charge is 2.18. The Bertz CT molecular complexity index is 119. The maximum atomic E-state index is 10.0. The Labute approximate surface area is 68.4 Å². The molecule has 1 aliphatic rings. The van der Waals surface area contributed by atoms with Gasteiger partial charge in [-0.3, -0.25) is 4.79 Å². The molecule has 63 valence electrons. The summed E-state index contributed by atoms with van der Waals surface area (Å²) in [4.78, 5) is 10.0. The number of hydrogen-bond donors (Lipinski definition) is 1. The van der Waals surface area contributed by atoms with E-state index in [-0.39, 0.29) is 0 Å². The van der Waals surface area contributed by atoms with E-state index >= 15 is 0 Å². The van der Waals surface area contributed by atoms with Gasteiger partial charge in [-0.25, -0.2) is 0 Å². The smallest absolute Gasteiger partial charge is 0.309 e. The fourth-order valence-corrected chi connectivity index (χ4v) is 1.84. The molecule has 1 aliphatic carbocycles. The normalized spacial score (nSPS) is 22.6. The average Bonchev–Trinajstić information content (AvgIpc) is 2.07. The van der Waals surface area contributed by atoms with Crippen molar-refractivity contribution in [3.8, 4) is 0 Å². The second-order valence-electron chi connectivity index (χ2n) is 3.43. The highest BCUT2D eigenvalue weighted by molar-refractivity contribution is 5.47. The Kier molecular flexibility index (Phi) is 3.40. The summed E-state index contributed by atoms with van der Waals surface area (Å²) in [5, 5.41) is 2.71. The molecule has 0 heterocycles. The molecule has 1 rings (SSSR count). The third-order valence-electron chi connectivity index (χ3n) is 2.64. The molecule has 1 atom stereocenters. The van der Waals surface area contributed by atoms with E-state index < -0.39 is 0 Å². The van der Waals surface area contributed by atoms with Crippen molar-refractivity contribution in [1.29, 1.82) is 0 Å². The summed E-state index contributed by atoms with van der Waals surface area (Å²) in [6.45, 7) is 2.07. The first kappa shape index (κ1) is 8.57. The van der Waals surface area contributed by atoms with Crippen LogP contribution in [0.15, 0.2) is 0 Å². The quantitative estimate of drug-likeness (QED) is 0.615. The molecule has 0 bridgehead atoms. The van der Waals surface area contributed by atoms with Crippen LogP contribution in [0.25, 0.3) is 0 Å². The zero-order chi connectivity index (χ0) is 8.10. The molecule has 0 aromatic heterocycles. The van der Waals surface area contributed by atoms with Gasteiger partial charge in [-0.15, -0.1) is 0 Å². The minimum absolute atomic E-state index is 0.327. The molecule has 0 aliphatic heterocycles. The second-order valence-corrected chi connectivity index (χ2v) is 3.43. The summed E-state index contributed by atoms with van der Waals surface area (Å²) < 4.78 is 0. The Morgan fingerprint density at radius 1 is 1.36 bits per heavy atom. The van der Waals surface area contributed by atoms with Crippen LogP contribution in [0, 0.1) is 5.92 Å². The molecule has 2 heteroatoms. The van der Waals surface area contributed by atoms with E-state index in [1.165, 1.54) is 32.1 Å². The Morgan fingerprint density at radius 2 is 2.00 bits per heavy atom. The van der Waals surface area contributed by atoms with Crippen molar-refractivity contribution in [2.75, 3.05) is 0 Å². The lowest BCUT2D eigenvalue weighted by atomic mass is 9.85. The van der Waals surface area contributed by atoms with E-state index in [2.05, 4.69) is 12.2 Å². The summed E-state index contributed by atoms with van der Waals surface area (Å²) in [6.07, 6.45) is 8.34. The van der Waals surface area contributed by atoms with Crippen molar-refractivity contribution in [1.82, 2.24) is 5.32 Å². The van der Waals surface area contributed by atoms with Crippen LogP contribution in [0.2, 0.25) is 0 Å². The van der Waals surface area contributed by atoms with Gasteiger partial charge in [0.15, 0.2) is 0 Å². The van der Waals surface area contributed by atoms with E-state index in [1.54, 1.807) is 6.41 Å². The number of rotatable bonds is 3. The monoisotopic (exact) mass is 154 g/mol. The topological polar surface area (TPSA) is 29.1 Å². The van der Waals surface area contributed by atoms with Crippen LogP contribution in [0.3, 0.4) is 0 Å². The molecular weight excluding hydrogens is 138 g/mol. The maximum Gasteiger partial charge on any atom is 0.309 e. The van der Waals surface area contributed by atoms with Gasteiger partial charge >= 0.3 is 6.41 Å². The van der Waals surface area contributed by atoms with E-state index in [9.17, 15) is 4.79 Å². The van der Waals surface area contributed by atoms with Crippen LogP contribution in [0.5, 0.6) is 0 Å². The van der Waals surface area contributed by atoms with Crippen LogP contribution in [0.1, 0.15) is 39.0 Å². The predicted octanol–water partition coefficient (Wildman–Crippen LogP) is 1.61. The second kappa shape index (κ2) is 4.37. The summed E-state index contributed by atoms with van der Waals surface area (Å²) in [6, 6.07) is 0.327. The van der Waals surface area contributed by atoms with Gasteiger partial charge in [-0.1, -0.05) is 19.3 Å². The Balaban J connectivity index is 2.26. The molecule has 0 spiro atoms. The Hall–Kier alpha value is -0.530. The molecule has 2 nitrogen and oxygen atoms in total. The van der Waals surface area contributed by atoms with Gasteiger partial charge in [-0.05, 0) is 25.7 Å². The molecule has 0 aromatic rings. The van der Waals surface area contributed by atoms with Crippen molar-refractivity contribution in [2.45, 2.75) is 45.1 Å². The lowest BCUT2D eigenvalue weighted by Crippen LogP contribution is -2.33. The van der Waals surface area contributed by atoms with Crippen LogP contribution >= 0.6 is 0 Å². The third-order valence-corrected chi connectivity index (χ3v) is 2.64. The molecule has 0 unspecified atom stereocenters. The van der Waals surface area contributed by atoms with Gasteiger partial charge in [0.2, 0.25) is 0 Å². The zero-order valence-electron chi connectivity index (χ0n) is 7.10. The molecule has 1 amide bonds. The first-order chi connectivity index (χ1) is 5.34. The van der Waals surface area contributed by atoms with E-state index in [0.717, 1.165) is 0 Å². The first-order valence-corrected chi connectivity index (χ1v) is 4.47. The summed E-state index contributed by atoms with van der Waals surface area (Å²) in [7, 11) is 0. The molecular formula is C9H16NO. The fraction of sp³-hybridized carbons (Fsp3) is 0.889. The zero-order valence-corrected chi connectivity index (χ0v) is 7.10. The van der Waals surface area contributed by atoms with Crippen LogP contribution in [-0.2, 0) is 4.79 Å². The van der Waals surface area contributed by atoms with Gasteiger partial charge in [0.1, 0.15) is 0 Å². The molecule has 1 radical (unpaired) electrons. The van der Waals surface area contributed by atoms with E-state index in [4.69, 9.17) is 0 Å². The summed E-state index contributed by atoms with van der Waals surface area (Å²) in [5.41, 5.74) is 0. The van der Waals surface area contributed by atoms with Crippen LogP contribution < -0.4 is 5.32 Å². The molecule has 0 aromatic carbocycles. The number of hydrogen-bond acceptors (Lipinski definition) is 1. The van der Waals surface area contributed by atoms with Crippen LogP contribution in [-0.4, -0.2) is 12.5 Å². The molecule has 11 heavy (non-hydrogen) atoms. The van der Waals surface area contributed by atoms with E-state index in [1.807, 2.05) is 0 Å². The third kappa shape index (κ3) is 2.52. The van der Waals surface area contributed by atoms with Crippen molar-refractivity contribution in [2.24, 2.45) is 5.92 Å². The minimum atomic E-state index is 0.327. The van der Waals surface area contributed by atoms with E-state index in [0.29, 0.717) is 12.0 Å². The first-order valence-electron chi connectivity index (χ1n) is 4.47. The molecule has 1 saturated carbocycles. The number of amides is 1. The largest absolute Gasteiger partial charge is 0.345 e. The molecule has 0 saturated heterocycles. The molecule has 1 fully saturated rings. The van der Waals surface area contributed by atoms with Gasteiger partial charge in [0.05, 0.1) is 0 Å². The summed E-state index contributed by atoms with van der Waals surface area (Å²) >= 11 is 0. The highest BCUT2D eigenvalue weighted by Crippen LogP contribution is 2.25. The number of nitrogens with one attached hydrogen (secondary N) is 1. The van der Waals surface area contributed by atoms with Crippen molar-refractivity contribution in [3.63, 3.8) is 0 Å². The van der Waals surface area contributed by atoms with Gasteiger partial charge in [0, 0.05) is 6.04 Å². The average molecular weight is 154 g/mol. The predicted molar refractivity (Wildman–Crippen MR) is 44.9 cm³/mol. The molecule has 1 N–H and O–H groups in total. The lowest BCUT2D eigenvalue weighted by Gasteiger charge is -2.26. The minimum Gasteiger partial charge on any atom is -0.345 e. The summed E-state index contributed by atoms with van der Waals surface area (Å²) in [5.74, 6) is 0.699. The van der Waals surface area contributed by atoms with Crippen molar-refractivity contribution < 1.29 is 4.79 Å². The van der Waals surface area contributed by atoms with Crippen LogP contribution in [0.4, 0.5) is 0 Å². The number of carbonyl (C=O) groups excluding carboxylic acids is 1. The Morgan fingerprint density at radius 3 is 2.55 bits per heavy atom. The van der Waals surface area contributed by atoms with Crippen molar-refractivity contribution in [3.05, 3.63) is 0 Å². The standard InChI is InChI=1S/C9H16NO/c1-8(10-7-11)9-5-3-2-4-6-9/h8-9H,2-6H2,1H3,(H,10,11)/t8-/m0/s1. The van der Waals surface area contributed by atoms with Gasteiger partial charge in [-0.2, -0.15) is 0 Å². The fourth-order valence-electron chi connectivity index (χ4n) is 1.84. The maximum absolute atomic E-state index is 10.0.